The SMILES string of the molecule is CC(C)(CO)c1ccc2ccc(F)cc2c1. The summed E-state index contributed by atoms with van der Waals surface area (Å²) in [4.78, 5) is 0. The van der Waals surface area contributed by atoms with Gasteiger partial charge in [0.1, 0.15) is 5.82 Å². The van der Waals surface area contributed by atoms with Crippen molar-refractivity contribution in [1.29, 1.82) is 0 Å². The van der Waals surface area contributed by atoms with E-state index in [-0.39, 0.29) is 17.8 Å². The average Bonchev–Trinajstić information content (AvgIpc) is 2.28. The van der Waals surface area contributed by atoms with Crippen LogP contribution in [-0.2, 0) is 5.41 Å². The van der Waals surface area contributed by atoms with Gasteiger partial charge in [-0.15, -0.1) is 0 Å². The Morgan fingerprint density at radius 3 is 2.44 bits per heavy atom. The van der Waals surface area contributed by atoms with Crippen molar-refractivity contribution in [3.05, 3.63) is 47.8 Å². The van der Waals surface area contributed by atoms with E-state index in [0.29, 0.717) is 0 Å². The van der Waals surface area contributed by atoms with Crippen LogP contribution in [-0.4, -0.2) is 11.7 Å². The molecule has 0 aliphatic rings. The maximum atomic E-state index is 13.1. The zero-order chi connectivity index (χ0) is 11.8. The highest BCUT2D eigenvalue weighted by Gasteiger charge is 2.19. The van der Waals surface area contributed by atoms with Crippen molar-refractivity contribution in [3.63, 3.8) is 0 Å². The van der Waals surface area contributed by atoms with Gasteiger partial charge in [-0.05, 0) is 28.5 Å². The molecule has 84 valence electrons. The molecule has 0 fully saturated rings. The number of aliphatic hydroxyl groups excluding tert-OH is 1. The summed E-state index contributed by atoms with van der Waals surface area (Å²) in [5.74, 6) is -0.230. The molecule has 0 aliphatic heterocycles. The first-order valence-electron chi connectivity index (χ1n) is 5.33. The van der Waals surface area contributed by atoms with Crippen LogP contribution < -0.4 is 0 Å². The van der Waals surface area contributed by atoms with Gasteiger partial charge in [-0.25, -0.2) is 4.39 Å². The topological polar surface area (TPSA) is 20.2 Å². The van der Waals surface area contributed by atoms with Gasteiger partial charge in [-0.3, -0.25) is 0 Å². The summed E-state index contributed by atoms with van der Waals surface area (Å²) in [6, 6.07) is 10.6. The molecule has 0 atom stereocenters. The fourth-order valence-corrected chi connectivity index (χ4v) is 1.73. The molecule has 0 saturated heterocycles. The molecule has 0 bridgehead atoms. The third kappa shape index (κ3) is 1.93. The number of halogens is 1. The Morgan fingerprint density at radius 1 is 1.06 bits per heavy atom. The molecule has 0 spiro atoms. The Hall–Kier alpha value is -1.41. The molecule has 2 aromatic rings. The van der Waals surface area contributed by atoms with Gasteiger partial charge in [0.05, 0.1) is 6.61 Å². The highest BCUT2D eigenvalue weighted by Crippen LogP contribution is 2.26. The average molecular weight is 218 g/mol. The largest absolute Gasteiger partial charge is 0.395 e. The summed E-state index contributed by atoms with van der Waals surface area (Å²) >= 11 is 0. The van der Waals surface area contributed by atoms with E-state index in [9.17, 15) is 9.50 Å². The molecule has 0 unspecified atom stereocenters. The summed E-state index contributed by atoms with van der Waals surface area (Å²) in [6.45, 7) is 4.01. The monoisotopic (exact) mass is 218 g/mol. The predicted octanol–water partition coefficient (Wildman–Crippen LogP) is 3.25. The highest BCUT2D eigenvalue weighted by molar-refractivity contribution is 5.83. The van der Waals surface area contributed by atoms with E-state index >= 15 is 0 Å². The fourth-order valence-electron chi connectivity index (χ4n) is 1.73. The van der Waals surface area contributed by atoms with Crippen molar-refractivity contribution in [2.75, 3.05) is 6.61 Å². The Balaban J connectivity index is 2.59. The lowest BCUT2D eigenvalue weighted by Crippen LogP contribution is -2.21. The predicted molar refractivity (Wildman–Crippen MR) is 64.0 cm³/mol. The van der Waals surface area contributed by atoms with Gasteiger partial charge in [-0.1, -0.05) is 38.1 Å². The van der Waals surface area contributed by atoms with Crippen LogP contribution in [0.15, 0.2) is 36.4 Å². The maximum Gasteiger partial charge on any atom is 0.123 e. The Kier molecular flexibility index (Phi) is 2.68. The molecule has 2 rings (SSSR count). The number of fused-ring (bicyclic) bond motifs is 1. The van der Waals surface area contributed by atoms with Gasteiger partial charge >= 0.3 is 0 Å². The van der Waals surface area contributed by atoms with E-state index in [1.807, 2.05) is 32.0 Å². The van der Waals surface area contributed by atoms with E-state index in [4.69, 9.17) is 0 Å². The molecule has 16 heavy (non-hydrogen) atoms. The van der Waals surface area contributed by atoms with E-state index in [0.717, 1.165) is 16.3 Å². The second-order valence-electron chi connectivity index (χ2n) is 4.75. The molecule has 0 amide bonds. The molecule has 0 aliphatic carbocycles. The van der Waals surface area contributed by atoms with Gasteiger partial charge in [0, 0.05) is 5.41 Å². The lowest BCUT2D eigenvalue weighted by atomic mass is 9.84. The molecule has 2 heteroatoms. The summed E-state index contributed by atoms with van der Waals surface area (Å²) in [7, 11) is 0. The fraction of sp³-hybridized carbons (Fsp3) is 0.286. The molecule has 0 radical (unpaired) electrons. The minimum Gasteiger partial charge on any atom is -0.395 e. The molecule has 1 N–H and O–H groups in total. The number of hydrogen-bond donors (Lipinski definition) is 1. The molecule has 0 heterocycles. The molecule has 1 nitrogen and oxygen atoms in total. The van der Waals surface area contributed by atoms with Crippen molar-refractivity contribution in [2.45, 2.75) is 19.3 Å². The van der Waals surface area contributed by atoms with Crippen LogP contribution in [0, 0.1) is 5.82 Å². The number of benzene rings is 2. The van der Waals surface area contributed by atoms with E-state index in [1.165, 1.54) is 12.1 Å². The van der Waals surface area contributed by atoms with Crippen LogP contribution in [0.2, 0.25) is 0 Å². The zero-order valence-corrected chi connectivity index (χ0v) is 9.50. The lowest BCUT2D eigenvalue weighted by molar-refractivity contribution is 0.218. The first-order valence-corrected chi connectivity index (χ1v) is 5.33. The van der Waals surface area contributed by atoms with Crippen LogP contribution in [0.4, 0.5) is 4.39 Å². The van der Waals surface area contributed by atoms with Crippen molar-refractivity contribution in [2.24, 2.45) is 0 Å². The van der Waals surface area contributed by atoms with E-state index in [1.54, 1.807) is 6.07 Å². The Labute approximate surface area is 94.5 Å². The number of hydrogen-bond acceptors (Lipinski definition) is 1. The van der Waals surface area contributed by atoms with Crippen LogP contribution in [0.1, 0.15) is 19.4 Å². The Morgan fingerprint density at radius 2 is 1.75 bits per heavy atom. The third-order valence-electron chi connectivity index (χ3n) is 2.98. The second-order valence-corrected chi connectivity index (χ2v) is 4.75. The first kappa shape index (κ1) is 11.1. The summed E-state index contributed by atoms with van der Waals surface area (Å²) in [5.41, 5.74) is 0.730. The lowest BCUT2D eigenvalue weighted by Gasteiger charge is -2.22. The van der Waals surface area contributed by atoms with E-state index < -0.39 is 0 Å². The second kappa shape index (κ2) is 3.87. The molecular formula is C14H15FO. The summed E-state index contributed by atoms with van der Waals surface area (Å²) in [5, 5.41) is 11.2. The first-order chi connectivity index (χ1) is 7.53. The summed E-state index contributed by atoms with van der Waals surface area (Å²) in [6.07, 6.45) is 0. The van der Waals surface area contributed by atoms with E-state index in [2.05, 4.69) is 0 Å². The molecule has 2 aromatic carbocycles. The van der Waals surface area contributed by atoms with Gasteiger partial charge in [0.2, 0.25) is 0 Å². The minimum absolute atomic E-state index is 0.0772. The maximum absolute atomic E-state index is 13.1. The molecule has 0 saturated carbocycles. The van der Waals surface area contributed by atoms with Crippen LogP contribution >= 0.6 is 0 Å². The van der Waals surface area contributed by atoms with Gasteiger partial charge in [-0.2, -0.15) is 0 Å². The van der Waals surface area contributed by atoms with Gasteiger partial charge in [0.25, 0.3) is 0 Å². The quantitative estimate of drug-likeness (QED) is 0.820. The third-order valence-corrected chi connectivity index (χ3v) is 2.98. The molecule has 0 aromatic heterocycles. The number of rotatable bonds is 2. The van der Waals surface area contributed by atoms with Crippen LogP contribution in [0.25, 0.3) is 10.8 Å². The van der Waals surface area contributed by atoms with Crippen molar-refractivity contribution in [1.82, 2.24) is 0 Å². The van der Waals surface area contributed by atoms with Crippen LogP contribution in [0.5, 0.6) is 0 Å². The van der Waals surface area contributed by atoms with Crippen molar-refractivity contribution < 1.29 is 9.50 Å². The summed E-state index contributed by atoms with van der Waals surface area (Å²) < 4.78 is 13.1. The zero-order valence-electron chi connectivity index (χ0n) is 9.50. The van der Waals surface area contributed by atoms with Crippen LogP contribution in [0.3, 0.4) is 0 Å². The van der Waals surface area contributed by atoms with Crippen molar-refractivity contribution >= 4 is 10.8 Å². The highest BCUT2D eigenvalue weighted by atomic mass is 19.1. The Bertz CT molecular complexity index is 517. The molecular weight excluding hydrogens is 203 g/mol. The van der Waals surface area contributed by atoms with Gasteiger partial charge < -0.3 is 5.11 Å². The number of aliphatic hydroxyl groups is 1. The van der Waals surface area contributed by atoms with Crippen molar-refractivity contribution in [3.8, 4) is 0 Å². The minimum atomic E-state index is -0.291. The smallest absolute Gasteiger partial charge is 0.123 e. The standard InChI is InChI=1S/C14H15FO/c1-14(2,9-16)12-5-3-10-4-6-13(15)8-11(10)7-12/h3-8,16H,9H2,1-2H3. The van der Waals surface area contributed by atoms with Gasteiger partial charge in [0.15, 0.2) is 0 Å². The normalized spacial score (nSPS) is 12.0.